The lowest BCUT2D eigenvalue weighted by atomic mass is 9.85. The zero-order chi connectivity index (χ0) is 14.2. The third kappa shape index (κ3) is 3.73. The van der Waals surface area contributed by atoms with Crippen molar-refractivity contribution in [3.63, 3.8) is 0 Å². The highest BCUT2D eigenvalue weighted by Gasteiger charge is 2.41. The van der Waals surface area contributed by atoms with E-state index in [0.29, 0.717) is 11.5 Å². The molecule has 4 heteroatoms. The molecule has 1 N–H and O–H groups in total. The molecule has 2 aliphatic heterocycles. The van der Waals surface area contributed by atoms with Gasteiger partial charge < -0.3 is 14.8 Å². The van der Waals surface area contributed by atoms with E-state index in [-0.39, 0.29) is 5.60 Å². The Labute approximate surface area is 123 Å². The smallest absolute Gasteiger partial charge is 0.0757 e. The van der Waals surface area contributed by atoms with Gasteiger partial charge in [-0.1, -0.05) is 0 Å². The molecule has 2 saturated heterocycles. The van der Waals surface area contributed by atoms with Crippen molar-refractivity contribution in [2.75, 3.05) is 39.4 Å². The molecule has 3 rings (SSSR count). The summed E-state index contributed by atoms with van der Waals surface area (Å²) in [5.74, 6) is 0. The number of nitrogens with zero attached hydrogens (tertiary/aromatic N) is 1. The minimum absolute atomic E-state index is 0.0256. The Bertz CT molecular complexity index is 335. The van der Waals surface area contributed by atoms with Crippen LogP contribution >= 0.6 is 0 Å². The number of hydrogen-bond donors (Lipinski definition) is 1. The molecule has 3 fully saturated rings. The number of nitrogens with one attached hydrogen (secondary N) is 1. The van der Waals surface area contributed by atoms with E-state index in [2.05, 4.69) is 31.0 Å². The van der Waals surface area contributed by atoms with Gasteiger partial charge in [0.1, 0.15) is 0 Å². The van der Waals surface area contributed by atoms with Crippen molar-refractivity contribution < 1.29 is 9.47 Å². The van der Waals surface area contributed by atoms with Gasteiger partial charge in [0.25, 0.3) is 0 Å². The summed E-state index contributed by atoms with van der Waals surface area (Å²) in [7, 11) is 0. The van der Waals surface area contributed by atoms with E-state index in [4.69, 9.17) is 9.47 Å². The van der Waals surface area contributed by atoms with Gasteiger partial charge in [0.15, 0.2) is 0 Å². The maximum absolute atomic E-state index is 6.02. The van der Waals surface area contributed by atoms with Crippen molar-refractivity contribution in [1.29, 1.82) is 0 Å². The molecule has 116 valence electrons. The fraction of sp³-hybridized carbons (Fsp3) is 1.00. The molecule has 0 aromatic carbocycles. The second kappa shape index (κ2) is 5.56. The third-order valence-corrected chi connectivity index (χ3v) is 4.73. The SMILES string of the molecule is CC1CN(CC2(CNC3CC3)CCOC2)CC(C)(C)O1. The van der Waals surface area contributed by atoms with Crippen LogP contribution in [0.2, 0.25) is 0 Å². The van der Waals surface area contributed by atoms with Crippen LogP contribution in [0.1, 0.15) is 40.0 Å². The van der Waals surface area contributed by atoms with Crippen molar-refractivity contribution in [2.24, 2.45) is 5.41 Å². The lowest BCUT2D eigenvalue weighted by Gasteiger charge is -2.45. The van der Waals surface area contributed by atoms with Crippen molar-refractivity contribution in [1.82, 2.24) is 10.2 Å². The lowest BCUT2D eigenvalue weighted by molar-refractivity contribution is -0.135. The molecule has 20 heavy (non-hydrogen) atoms. The fourth-order valence-electron chi connectivity index (χ4n) is 3.80. The van der Waals surface area contributed by atoms with E-state index >= 15 is 0 Å². The molecule has 2 heterocycles. The molecule has 2 atom stereocenters. The summed E-state index contributed by atoms with van der Waals surface area (Å²) >= 11 is 0. The highest BCUT2D eigenvalue weighted by atomic mass is 16.5. The Balaban J connectivity index is 1.60. The van der Waals surface area contributed by atoms with E-state index in [9.17, 15) is 0 Å². The summed E-state index contributed by atoms with van der Waals surface area (Å²) in [6.45, 7) is 12.8. The molecule has 0 aromatic rings. The van der Waals surface area contributed by atoms with Gasteiger partial charge in [0.05, 0.1) is 18.3 Å². The van der Waals surface area contributed by atoms with E-state index in [1.54, 1.807) is 0 Å². The molecule has 1 saturated carbocycles. The van der Waals surface area contributed by atoms with Gasteiger partial charge in [0, 0.05) is 44.2 Å². The second-order valence-electron chi connectivity index (χ2n) is 7.82. The zero-order valence-electron chi connectivity index (χ0n) is 13.3. The van der Waals surface area contributed by atoms with Crippen LogP contribution in [0.5, 0.6) is 0 Å². The van der Waals surface area contributed by atoms with Crippen molar-refractivity contribution in [3.8, 4) is 0 Å². The highest BCUT2D eigenvalue weighted by molar-refractivity contribution is 4.94. The van der Waals surface area contributed by atoms with Crippen LogP contribution in [0, 0.1) is 5.41 Å². The first-order valence-electron chi connectivity index (χ1n) is 8.18. The average molecular weight is 282 g/mol. The fourth-order valence-corrected chi connectivity index (χ4v) is 3.80. The van der Waals surface area contributed by atoms with Gasteiger partial charge >= 0.3 is 0 Å². The molecule has 1 aliphatic carbocycles. The number of ether oxygens (including phenoxy) is 2. The standard InChI is InChI=1S/C16H30N2O2/c1-13-8-18(10-15(2,3)20-13)11-16(6-7-19-12-16)9-17-14-4-5-14/h13-14,17H,4-12H2,1-3H3. The lowest BCUT2D eigenvalue weighted by Crippen LogP contribution is -2.56. The Hall–Kier alpha value is -0.160. The van der Waals surface area contributed by atoms with Gasteiger partial charge in [-0.05, 0) is 40.0 Å². The summed E-state index contributed by atoms with van der Waals surface area (Å²) in [6, 6.07) is 0.785. The molecule has 4 nitrogen and oxygen atoms in total. The molecular formula is C16H30N2O2. The van der Waals surface area contributed by atoms with Gasteiger partial charge in [-0.3, -0.25) is 4.90 Å². The second-order valence-corrected chi connectivity index (χ2v) is 7.82. The summed E-state index contributed by atoms with van der Waals surface area (Å²) in [5.41, 5.74) is 0.290. The molecular weight excluding hydrogens is 252 g/mol. The Morgan fingerprint density at radius 1 is 1.30 bits per heavy atom. The van der Waals surface area contributed by atoms with Crippen LogP contribution in [-0.4, -0.2) is 62.0 Å². The average Bonchev–Trinajstić information content (AvgIpc) is 3.05. The molecule has 2 unspecified atom stereocenters. The van der Waals surface area contributed by atoms with Crippen LogP contribution in [-0.2, 0) is 9.47 Å². The topological polar surface area (TPSA) is 33.7 Å². The number of rotatable bonds is 5. The Kier molecular flexibility index (Phi) is 4.10. The quantitative estimate of drug-likeness (QED) is 0.831. The van der Waals surface area contributed by atoms with Crippen LogP contribution in [0.25, 0.3) is 0 Å². The van der Waals surface area contributed by atoms with E-state index in [0.717, 1.165) is 45.4 Å². The third-order valence-electron chi connectivity index (χ3n) is 4.73. The highest BCUT2D eigenvalue weighted by Crippen LogP contribution is 2.33. The van der Waals surface area contributed by atoms with E-state index in [1.165, 1.54) is 19.3 Å². The predicted molar refractivity (Wildman–Crippen MR) is 80.0 cm³/mol. The van der Waals surface area contributed by atoms with Crippen LogP contribution < -0.4 is 5.32 Å². The Morgan fingerprint density at radius 3 is 2.70 bits per heavy atom. The van der Waals surface area contributed by atoms with E-state index < -0.39 is 0 Å². The predicted octanol–water partition coefficient (Wildman–Crippen LogP) is 1.64. The zero-order valence-corrected chi connectivity index (χ0v) is 13.3. The first kappa shape index (κ1) is 14.8. The van der Waals surface area contributed by atoms with E-state index in [1.807, 2.05) is 0 Å². The van der Waals surface area contributed by atoms with Crippen molar-refractivity contribution in [3.05, 3.63) is 0 Å². The molecule has 0 radical (unpaired) electrons. The Morgan fingerprint density at radius 2 is 2.10 bits per heavy atom. The van der Waals surface area contributed by atoms with Gasteiger partial charge in [0.2, 0.25) is 0 Å². The van der Waals surface area contributed by atoms with Crippen molar-refractivity contribution >= 4 is 0 Å². The van der Waals surface area contributed by atoms with Crippen molar-refractivity contribution in [2.45, 2.75) is 57.8 Å². The summed E-state index contributed by atoms with van der Waals surface area (Å²) in [5, 5.41) is 3.72. The monoisotopic (exact) mass is 282 g/mol. The molecule has 0 bridgehead atoms. The minimum atomic E-state index is -0.0256. The minimum Gasteiger partial charge on any atom is -0.381 e. The molecule has 0 aromatic heterocycles. The summed E-state index contributed by atoms with van der Waals surface area (Å²) in [6.07, 6.45) is 4.24. The molecule has 0 spiro atoms. The normalized spacial score (nSPS) is 38.2. The maximum Gasteiger partial charge on any atom is 0.0757 e. The molecule has 0 amide bonds. The number of morpholine rings is 1. The largest absolute Gasteiger partial charge is 0.381 e. The number of hydrogen-bond acceptors (Lipinski definition) is 4. The van der Waals surface area contributed by atoms with Gasteiger partial charge in [-0.25, -0.2) is 0 Å². The maximum atomic E-state index is 6.02. The first-order valence-corrected chi connectivity index (χ1v) is 8.18. The summed E-state index contributed by atoms with van der Waals surface area (Å²) in [4.78, 5) is 2.59. The van der Waals surface area contributed by atoms with Gasteiger partial charge in [-0.15, -0.1) is 0 Å². The van der Waals surface area contributed by atoms with Crippen LogP contribution in [0.4, 0.5) is 0 Å². The van der Waals surface area contributed by atoms with Crippen LogP contribution in [0.3, 0.4) is 0 Å². The van der Waals surface area contributed by atoms with Gasteiger partial charge in [-0.2, -0.15) is 0 Å². The molecule has 3 aliphatic rings. The summed E-state index contributed by atoms with van der Waals surface area (Å²) < 4.78 is 11.8. The first-order chi connectivity index (χ1) is 9.46. The van der Waals surface area contributed by atoms with Crippen LogP contribution in [0.15, 0.2) is 0 Å².